The minimum atomic E-state index is -0.526. The third kappa shape index (κ3) is 2.88. The van der Waals surface area contributed by atoms with Crippen LogP contribution in [0, 0.1) is 0 Å². The maximum absolute atomic E-state index is 11.4. The summed E-state index contributed by atoms with van der Waals surface area (Å²) in [5.41, 5.74) is 0.725. The Morgan fingerprint density at radius 2 is 1.62 bits per heavy atom. The zero-order valence-electron chi connectivity index (χ0n) is 9.32. The van der Waals surface area contributed by atoms with E-state index >= 15 is 0 Å². The number of ether oxygens (including phenoxy) is 3. The minimum absolute atomic E-state index is 0.365. The van der Waals surface area contributed by atoms with Crippen LogP contribution in [0.15, 0.2) is 18.2 Å². The van der Waals surface area contributed by atoms with Crippen LogP contribution in [-0.4, -0.2) is 27.3 Å². The summed E-state index contributed by atoms with van der Waals surface area (Å²) in [6.45, 7) is 0. The lowest BCUT2D eigenvalue weighted by Crippen LogP contribution is -2.08. The summed E-state index contributed by atoms with van der Waals surface area (Å²) in [4.78, 5) is 10.8. The second kappa shape index (κ2) is 5.75. The third-order valence-electron chi connectivity index (χ3n) is 2.07. The summed E-state index contributed by atoms with van der Waals surface area (Å²) in [6, 6.07) is 5.23. The lowest BCUT2D eigenvalue weighted by atomic mass is 10.1. The molecule has 1 aromatic rings. The molecule has 1 aromatic carbocycles. The molecule has 0 aliphatic rings. The molecule has 0 aromatic heterocycles. The van der Waals surface area contributed by atoms with Crippen LogP contribution in [-0.2, 0) is 9.53 Å². The lowest BCUT2D eigenvalue weighted by molar-refractivity contribution is -0.139. The fraction of sp³-hybridized carbons (Fsp3) is 0.364. The van der Waals surface area contributed by atoms with E-state index in [-0.39, 0.29) is 5.97 Å². The highest BCUT2D eigenvalue weighted by atomic mass is 79.9. The SMILES string of the molecule is COC(=O)[C@@H](Br)c1cc(OC)cc(OC)c1. The van der Waals surface area contributed by atoms with Crippen molar-refractivity contribution >= 4 is 21.9 Å². The van der Waals surface area contributed by atoms with Crippen LogP contribution in [0.3, 0.4) is 0 Å². The van der Waals surface area contributed by atoms with Crippen molar-refractivity contribution in [3.8, 4) is 11.5 Å². The highest BCUT2D eigenvalue weighted by Crippen LogP contribution is 2.31. The van der Waals surface area contributed by atoms with E-state index in [0.717, 1.165) is 5.56 Å². The molecule has 0 aliphatic carbocycles. The van der Waals surface area contributed by atoms with Crippen LogP contribution in [0.1, 0.15) is 10.4 Å². The first kappa shape index (κ1) is 12.8. The van der Waals surface area contributed by atoms with Crippen molar-refractivity contribution in [2.45, 2.75) is 4.83 Å². The highest BCUT2D eigenvalue weighted by Gasteiger charge is 2.19. The topological polar surface area (TPSA) is 44.8 Å². The van der Waals surface area contributed by atoms with Gasteiger partial charge >= 0.3 is 5.97 Å². The molecule has 4 nitrogen and oxygen atoms in total. The number of benzene rings is 1. The lowest BCUT2D eigenvalue weighted by Gasteiger charge is -2.11. The van der Waals surface area contributed by atoms with Gasteiger partial charge in [-0.25, -0.2) is 0 Å². The summed E-state index contributed by atoms with van der Waals surface area (Å²) in [5, 5.41) is 0. The molecule has 0 unspecified atom stereocenters. The molecule has 1 rings (SSSR count). The smallest absolute Gasteiger partial charge is 0.324 e. The van der Waals surface area contributed by atoms with E-state index in [1.54, 1.807) is 32.4 Å². The fourth-order valence-electron chi connectivity index (χ4n) is 1.22. The molecule has 0 fully saturated rings. The predicted molar refractivity (Wildman–Crippen MR) is 63.2 cm³/mol. The van der Waals surface area contributed by atoms with E-state index in [2.05, 4.69) is 20.7 Å². The quantitative estimate of drug-likeness (QED) is 0.630. The molecule has 0 bridgehead atoms. The molecule has 0 amide bonds. The molecule has 0 aliphatic heterocycles. The molecule has 0 N–H and O–H groups in total. The molecule has 0 saturated carbocycles. The first-order chi connectivity index (χ1) is 7.62. The zero-order chi connectivity index (χ0) is 12.1. The Hall–Kier alpha value is -1.23. The maximum Gasteiger partial charge on any atom is 0.324 e. The van der Waals surface area contributed by atoms with Crippen molar-refractivity contribution < 1.29 is 19.0 Å². The second-order valence-corrected chi connectivity index (χ2v) is 3.95. The number of hydrogen-bond donors (Lipinski definition) is 0. The summed E-state index contributed by atoms with van der Waals surface area (Å²) >= 11 is 3.25. The van der Waals surface area contributed by atoms with Crippen molar-refractivity contribution in [3.05, 3.63) is 23.8 Å². The Balaban J connectivity index is 3.07. The van der Waals surface area contributed by atoms with Gasteiger partial charge in [0.2, 0.25) is 0 Å². The van der Waals surface area contributed by atoms with Crippen molar-refractivity contribution in [1.82, 2.24) is 0 Å². The first-order valence-corrected chi connectivity index (χ1v) is 5.48. The number of alkyl halides is 1. The molecule has 5 heteroatoms. The number of methoxy groups -OCH3 is 3. The van der Waals surface area contributed by atoms with Gasteiger partial charge in [0, 0.05) is 6.07 Å². The van der Waals surface area contributed by atoms with Crippen LogP contribution < -0.4 is 9.47 Å². The van der Waals surface area contributed by atoms with Gasteiger partial charge in [-0.3, -0.25) is 4.79 Å². The second-order valence-electron chi connectivity index (χ2n) is 3.03. The van der Waals surface area contributed by atoms with Crippen LogP contribution in [0.2, 0.25) is 0 Å². The largest absolute Gasteiger partial charge is 0.497 e. The molecular formula is C11H13BrO4. The van der Waals surface area contributed by atoms with E-state index in [9.17, 15) is 4.79 Å². The Morgan fingerprint density at radius 3 is 2.00 bits per heavy atom. The van der Waals surface area contributed by atoms with Crippen molar-refractivity contribution in [3.63, 3.8) is 0 Å². The first-order valence-electron chi connectivity index (χ1n) is 4.57. The number of carbonyl (C=O) groups is 1. The summed E-state index contributed by atoms with van der Waals surface area (Å²) in [6.07, 6.45) is 0. The summed E-state index contributed by atoms with van der Waals surface area (Å²) in [7, 11) is 4.45. The number of halogens is 1. The predicted octanol–water partition coefficient (Wildman–Crippen LogP) is 2.31. The van der Waals surface area contributed by atoms with Gasteiger partial charge in [-0.05, 0) is 17.7 Å². The monoisotopic (exact) mass is 288 g/mol. The molecule has 0 spiro atoms. The molecule has 16 heavy (non-hydrogen) atoms. The van der Waals surface area contributed by atoms with Crippen LogP contribution in [0.4, 0.5) is 0 Å². The molecule has 1 atom stereocenters. The Bertz CT molecular complexity index is 356. The van der Waals surface area contributed by atoms with Crippen LogP contribution in [0.5, 0.6) is 11.5 Å². The van der Waals surface area contributed by atoms with Crippen molar-refractivity contribution in [2.24, 2.45) is 0 Å². The van der Waals surface area contributed by atoms with E-state index in [0.29, 0.717) is 11.5 Å². The van der Waals surface area contributed by atoms with Crippen molar-refractivity contribution in [1.29, 1.82) is 0 Å². The number of carbonyl (C=O) groups excluding carboxylic acids is 1. The van der Waals surface area contributed by atoms with Gasteiger partial charge in [0.05, 0.1) is 21.3 Å². The summed E-state index contributed by atoms with van der Waals surface area (Å²) < 4.78 is 14.9. The average molecular weight is 289 g/mol. The van der Waals surface area contributed by atoms with E-state index in [1.165, 1.54) is 7.11 Å². The Labute approximate surface area is 103 Å². The highest BCUT2D eigenvalue weighted by molar-refractivity contribution is 9.09. The standard InChI is InChI=1S/C11H13BrO4/c1-14-8-4-7(5-9(6-8)15-2)10(12)11(13)16-3/h4-6,10H,1-3H3/t10-/m0/s1. The minimum Gasteiger partial charge on any atom is -0.497 e. The molecular weight excluding hydrogens is 276 g/mol. The summed E-state index contributed by atoms with van der Waals surface area (Å²) in [5.74, 6) is 0.890. The normalized spacial score (nSPS) is 11.8. The van der Waals surface area contributed by atoms with Gasteiger partial charge in [0.25, 0.3) is 0 Å². The van der Waals surface area contributed by atoms with Gasteiger partial charge in [0.15, 0.2) is 0 Å². The van der Waals surface area contributed by atoms with Crippen molar-refractivity contribution in [2.75, 3.05) is 21.3 Å². The zero-order valence-corrected chi connectivity index (χ0v) is 10.9. The average Bonchev–Trinajstić information content (AvgIpc) is 2.35. The number of hydrogen-bond acceptors (Lipinski definition) is 4. The van der Waals surface area contributed by atoms with Gasteiger partial charge in [-0.1, -0.05) is 15.9 Å². The van der Waals surface area contributed by atoms with Gasteiger partial charge in [0.1, 0.15) is 16.3 Å². The van der Waals surface area contributed by atoms with Gasteiger partial charge < -0.3 is 14.2 Å². The van der Waals surface area contributed by atoms with E-state index in [4.69, 9.17) is 9.47 Å². The van der Waals surface area contributed by atoms with E-state index < -0.39 is 4.83 Å². The molecule has 88 valence electrons. The van der Waals surface area contributed by atoms with E-state index in [1.807, 2.05) is 0 Å². The Kier molecular flexibility index (Phi) is 4.61. The molecule has 0 saturated heterocycles. The van der Waals surface area contributed by atoms with Gasteiger partial charge in [-0.2, -0.15) is 0 Å². The number of rotatable bonds is 4. The molecule has 0 heterocycles. The van der Waals surface area contributed by atoms with Gasteiger partial charge in [-0.15, -0.1) is 0 Å². The Morgan fingerprint density at radius 1 is 1.12 bits per heavy atom. The van der Waals surface area contributed by atoms with Crippen LogP contribution in [0.25, 0.3) is 0 Å². The fourth-order valence-corrected chi connectivity index (χ4v) is 1.67. The molecule has 0 radical (unpaired) electrons. The number of esters is 1. The third-order valence-corrected chi connectivity index (χ3v) is 2.98. The maximum atomic E-state index is 11.4. The van der Waals surface area contributed by atoms with Crippen LogP contribution >= 0.6 is 15.9 Å².